The maximum absolute atomic E-state index is 5.79. The van der Waals surface area contributed by atoms with Gasteiger partial charge in [-0.15, -0.1) is 11.6 Å². The van der Waals surface area contributed by atoms with Crippen molar-refractivity contribution in [2.45, 2.75) is 12.8 Å². The maximum atomic E-state index is 5.79. The molecule has 0 saturated heterocycles. The number of ether oxygens (including phenoxy) is 1. The molecular weight excluding hydrogens is 274 g/mol. The first-order valence-corrected chi connectivity index (χ1v) is 6.98. The zero-order chi connectivity index (χ0) is 13.9. The lowest BCUT2D eigenvalue weighted by Gasteiger charge is -1.99. The lowest BCUT2D eigenvalue weighted by Crippen LogP contribution is -1.93. The highest BCUT2D eigenvalue weighted by atomic mass is 35.5. The molecule has 0 saturated carbocycles. The highest BCUT2D eigenvalue weighted by Crippen LogP contribution is 2.22. The Bertz CT molecular complexity index is 722. The summed E-state index contributed by atoms with van der Waals surface area (Å²) in [6, 6.07) is 11.8. The standard InChI is InChI=1S/C15H14ClN3O/c1-2-20-13-8-7-12-15(18-13)19-14(17-12)11-5-3-10(9-16)4-6-11/h3-8H,2,9H2,1H3,(H,17,18,19). The molecule has 0 aliphatic rings. The second kappa shape index (κ2) is 5.51. The number of fused-ring (bicyclic) bond motifs is 1. The van der Waals surface area contributed by atoms with Crippen LogP contribution >= 0.6 is 11.6 Å². The Morgan fingerprint density at radius 2 is 1.90 bits per heavy atom. The predicted octanol–water partition coefficient (Wildman–Crippen LogP) is 3.76. The van der Waals surface area contributed by atoms with E-state index < -0.39 is 0 Å². The van der Waals surface area contributed by atoms with E-state index in [9.17, 15) is 0 Å². The van der Waals surface area contributed by atoms with Gasteiger partial charge < -0.3 is 9.72 Å². The average molecular weight is 288 g/mol. The summed E-state index contributed by atoms with van der Waals surface area (Å²) in [6.45, 7) is 2.52. The van der Waals surface area contributed by atoms with Crippen LogP contribution in [-0.4, -0.2) is 21.6 Å². The van der Waals surface area contributed by atoms with Crippen molar-refractivity contribution < 1.29 is 4.74 Å². The Balaban J connectivity index is 1.98. The Kier molecular flexibility index (Phi) is 3.56. The lowest BCUT2D eigenvalue weighted by molar-refractivity contribution is 0.328. The average Bonchev–Trinajstić information content (AvgIpc) is 2.91. The number of aromatic nitrogens is 3. The Morgan fingerprint density at radius 3 is 2.60 bits per heavy atom. The maximum Gasteiger partial charge on any atom is 0.215 e. The van der Waals surface area contributed by atoms with Crippen LogP contribution in [0.15, 0.2) is 36.4 Å². The Morgan fingerprint density at radius 1 is 1.10 bits per heavy atom. The third kappa shape index (κ3) is 2.47. The van der Waals surface area contributed by atoms with Gasteiger partial charge in [-0.25, -0.2) is 4.98 Å². The molecule has 0 aliphatic carbocycles. The van der Waals surface area contributed by atoms with Gasteiger partial charge in [-0.3, -0.25) is 0 Å². The SMILES string of the molecule is CCOc1ccc2[nH]c(-c3ccc(CCl)cc3)nc2n1. The van der Waals surface area contributed by atoms with Crippen molar-refractivity contribution >= 4 is 22.8 Å². The quantitative estimate of drug-likeness (QED) is 0.743. The minimum absolute atomic E-state index is 0.514. The molecule has 0 spiro atoms. The molecule has 102 valence electrons. The molecule has 0 aliphatic heterocycles. The number of H-pyrrole nitrogens is 1. The molecule has 2 heterocycles. The molecule has 1 N–H and O–H groups in total. The topological polar surface area (TPSA) is 50.8 Å². The van der Waals surface area contributed by atoms with E-state index in [1.54, 1.807) is 0 Å². The molecular formula is C15H14ClN3O. The molecule has 3 rings (SSSR count). The molecule has 5 heteroatoms. The summed E-state index contributed by atoms with van der Waals surface area (Å²) in [7, 11) is 0. The number of aromatic amines is 1. The summed E-state index contributed by atoms with van der Waals surface area (Å²) in [4.78, 5) is 12.1. The van der Waals surface area contributed by atoms with Crippen molar-refractivity contribution in [1.29, 1.82) is 0 Å². The fourth-order valence-corrected chi connectivity index (χ4v) is 2.17. The molecule has 0 atom stereocenters. The Hall–Kier alpha value is -2.07. The molecule has 0 unspecified atom stereocenters. The molecule has 1 aromatic carbocycles. The van der Waals surface area contributed by atoms with Crippen LogP contribution in [0.1, 0.15) is 12.5 Å². The number of pyridine rings is 1. The first-order chi connectivity index (χ1) is 9.80. The normalized spacial score (nSPS) is 10.9. The van der Waals surface area contributed by atoms with Crippen LogP contribution < -0.4 is 4.74 Å². The van der Waals surface area contributed by atoms with Gasteiger partial charge in [-0.2, -0.15) is 4.98 Å². The number of nitrogens with zero attached hydrogens (tertiary/aromatic N) is 2. The van der Waals surface area contributed by atoms with Gasteiger partial charge in [0.25, 0.3) is 0 Å². The largest absolute Gasteiger partial charge is 0.478 e. The molecule has 0 fully saturated rings. The molecule has 4 nitrogen and oxygen atoms in total. The number of halogens is 1. The molecule has 0 amide bonds. The van der Waals surface area contributed by atoms with Gasteiger partial charge in [-0.05, 0) is 18.6 Å². The van der Waals surface area contributed by atoms with Crippen molar-refractivity contribution in [1.82, 2.24) is 15.0 Å². The summed E-state index contributed by atoms with van der Waals surface area (Å²) in [5, 5.41) is 0. The van der Waals surface area contributed by atoms with Crippen molar-refractivity contribution in [3.63, 3.8) is 0 Å². The lowest BCUT2D eigenvalue weighted by atomic mass is 10.1. The van der Waals surface area contributed by atoms with Crippen LogP contribution in [0.25, 0.3) is 22.6 Å². The van der Waals surface area contributed by atoms with Crippen LogP contribution in [-0.2, 0) is 5.88 Å². The second-order valence-corrected chi connectivity index (χ2v) is 4.64. The van der Waals surface area contributed by atoms with E-state index in [2.05, 4.69) is 15.0 Å². The van der Waals surface area contributed by atoms with Gasteiger partial charge in [0.05, 0.1) is 12.1 Å². The predicted molar refractivity (Wildman–Crippen MR) is 80.1 cm³/mol. The van der Waals surface area contributed by atoms with Crippen LogP contribution in [0.5, 0.6) is 5.88 Å². The summed E-state index contributed by atoms with van der Waals surface area (Å²) in [5.74, 6) is 1.90. The van der Waals surface area contributed by atoms with Crippen LogP contribution in [0.2, 0.25) is 0 Å². The van der Waals surface area contributed by atoms with E-state index in [-0.39, 0.29) is 0 Å². The third-order valence-corrected chi connectivity index (χ3v) is 3.30. The highest BCUT2D eigenvalue weighted by Gasteiger charge is 2.07. The van der Waals surface area contributed by atoms with Gasteiger partial charge in [0.1, 0.15) is 5.82 Å². The van der Waals surface area contributed by atoms with E-state index in [4.69, 9.17) is 16.3 Å². The third-order valence-electron chi connectivity index (χ3n) is 2.99. The molecule has 20 heavy (non-hydrogen) atoms. The minimum atomic E-state index is 0.514. The summed E-state index contributed by atoms with van der Waals surface area (Å²) < 4.78 is 5.38. The molecule has 0 radical (unpaired) electrons. The van der Waals surface area contributed by atoms with E-state index in [0.29, 0.717) is 24.0 Å². The van der Waals surface area contributed by atoms with E-state index in [1.807, 2.05) is 43.3 Å². The first kappa shape index (κ1) is 12.9. The van der Waals surface area contributed by atoms with E-state index in [0.717, 1.165) is 22.5 Å². The molecule has 0 bridgehead atoms. The molecule has 2 aromatic heterocycles. The zero-order valence-corrected chi connectivity index (χ0v) is 11.8. The zero-order valence-electron chi connectivity index (χ0n) is 11.1. The number of rotatable bonds is 4. The second-order valence-electron chi connectivity index (χ2n) is 4.37. The number of hydrogen-bond acceptors (Lipinski definition) is 3. The number of nitrogens with one attached hydrogen (secondary N) is 1. The monoisotopic (exact) mass is 287 g/mol. The number of alkyl halides is 1. The van der Waals surface area contributed by atoms with Crippen molar-refractivity contribution in [2.24, 2.45) is 0 Å². The summed E-state index contributed by atoms with van der Waals surface area (Å²) in [5.41, 5.74) is 3.65. The van der Waals surface area contributed by atoms with Gasteiger partial charge in [0.2, 0.25) is 5.88 Å². The van der Waals surface area contributed by atoms with Crippen molar-refractivity contribution in [3.8, 4) is 17.3 Å². The van der Waals surface area contributed by atoms with E-state index >= 15 is 0 Å². The number of hydrogen-bond donors (Lipinski definition) is 1. The highest BCUT2D eigenvalue weighted by molar-refractivity contribution is 6.17. The van der Waals surface area contributed by atoms with Gasteiger partial charge in [0.15, 0.2) is 5.65 Å². The Labute approximate surface area is 121 Å². The summed E-state index contributed by atoms with van der Waals surface area (Å²) in [6.07, 6.45) is 0. The van der Waals surface area contributed by atoms with Crippen molar-refractivity contribution in [2.75, 3.05) is 6.61 Å². The van der Waals surface area contributed by atoms with Crippen molar-refractivity contribution in [3.05, 3.63) is 42.0 Å². The minimum Gasteiger partial charge on any atom is -0.478 e. The van der Waals surface area contributed by atoms with Gasteiger partial charge in [0, 0.05) is 17.5 Å². The number of imidazole rings is 1. The summed E-state index contributed by atoms with van der Waals surface area (Å²) >= 11 is 5.79. The molecule has 3 aromatic rings. The van der Waals surface area contributed by atoms with Crippen LogP contribution in [0, 0.1) is 0 Å². The van der Waals surface area contributed by atoms with Crippen LogP contribution in [0.4, 0.5) is 0 Å². The number of benzene rings is 1. The first-order valence-electron chi connectivity index (χ1n) is 6.45. The fourth-order valence-electron chi connectivity index (χ4n) is 1.99. The van der Waals surface area contributed by atoms with Gasteiger partial charge >= 0.3 is 0 Å². The van der Waals surface area contributed by atoms with E-state index in [1.165, 1.54) is 0 Å². The van der Waals surface area contributed by atoms with Crippen LogP contribution in [0.3, 0.4) is 0 Å². The smallest absolute Gasteiger partial charge is 0.215 e. The van der Waals surface area contributed by atoms with Gasteiger partial charge in [-0.1, -0.05) is 24.3 Å². The fraction of sp³-hybridized carbons (Fsp3) is 0.200.